The van der Waals surface area contributed by atoms with Crippen LogP contribution in [0.25, 0.3) is 11.3 Å². The molecule has 4 atom stereocenters. The van der Waals surface area contributed by atoms with Gasteiger partial charge in [0.25, 0.3) is 5.91 Å². The number of hydrogen-bond acceptors (Lipinski definition) is 12. The number of aromatic nitrogens is 1. The van der Waals surface area contributed by atoms with Gasteiger partial charge in [0.2, 0.25) is 5.91 Å². The van der Waals surface area contributed by atoms with Crippen molar-refractivity contribution >= 4 is 24.0 Å². The number of alkyl carbamates (subject to hydrolysis) is 2. The molecule has 1 heterocycles. The standard InChI is InChI=1S/C44H64N6O10/c1-43(2,3)37(48-42(55)60-27-26-59-25-24-58-23-22-56-7)39(52)46-35(28-31-14-10-9-11-15-31)36(51)30-50(49-40(53)38(44(4,5)6)47-41(54)57-8)29-32-17-19-33(20-18-32)34-16-12-13-21-45-34/h9-21,35-38,51H,22-30H2,1-8H3,(H,46,52)(H,47,54)(H,48,55)(H,49,53)/t35-,36-,37+,38+/m0/s1/i1D3,2D3,3D3,4D3,5D3,6D3. The molecule has 0 unspecified atom stereocenters. The lowest BCUT2D eigenvalue weighted by atomic mass is 9.85. The topological polar surface area (TPSA) is 199 Å². The lowest BCUT2D eigenvalue weighted by Gasteiger charge is -2.35. The van der Waals surface area contributed by atoms with Crippen LogP contribution < -0.4 is 21.4 Å². The van der Waals surface area contributed by atoms with Gasteiger partial charge in [-0.25, -0.2) is 14.6 Å². The van der Waals surface area contributed by atoms with Crippen molar-refractivity contribution in [3.8, 4) is 11.3 Å². The van der Waals surface area contributed by atoms with Crippen LogP contribution in [0, 0.1) is 10.8 Å². The van der Waals surface area contributed by atoms with Crippen LogP contribution >= 0.6 is 0 Å². The molecule has 0 bridgehead atoms. The highest BCUT2D eigenvalue weighted by Crippen LogP contribution is 2.23. The summed E-state index contributed by atoms with van der Waals surface area (Å²) in [6.07, 6.45) is -4.34. The molecule has 0 aliphatic heterocycles. The van der Waals surface area contributed by atoms with Crippen LogP contribution in [-0.2, 0) is 46.2 Å². The van der Waals surface area contributed by atoms with Crippen LogP contribution in [0.5, 0.6) is 0 Å². The molecule has 0 saturated carbocycles. The predicted octanol–water partition coefficient (Wildman–Crippen LogP) is 4.26. The number of methoxy groups -OCH3 is 2. The SMILES string of the molecule is [2H]C([2H])([2H])C([C@H](NC(=O)OC)C(=O)NN(Cc1ccc(-c2ccccn2)cc1)C[C@H](O)[C@H](Cc1ccccc1)NC(=O)[C@@H](NC(=O)OCCOCCOCCOC)C(C([2H])([2H])[2H])(C([2H])([2H])[2H])C([2H])([2H])[2H])(C([2H])([2H])[2H])C([2H])([2H])[2H]. The molecule has 3 aromatic rings. The number of carbonyl (C=O) groups excluding carboxylic acids is 4. The quantitative estimate of drug-likeness (QED) is 0.0672. The van der Waals surface area contributed by atoms with Gasteiger partial charge in [0.1, 0.15) is 18.7 Å². The van der Waals surface area contributed by atoms with E-state index in [0.717, 1.165) is 12.1 Å². The Morgan fingerprint density at radius 3 is 1.92 bits per heavy atom. The summed E-state index contributed by atoms with van der Waals surface area (Å²) in [4.78, 5) is 60.0. The van der Waals surface area contributed by atoms with Crippen molar-refractivity contribution in [3.05, 3.63) is 90.1 Å². The highest BCUT2D eigenvalue weighted by molar-refractivity contribution is 5.87. The Balaban J connectivity index is 2.24. The minimum absolute atomic E-state index is 0.00290. The second-order valence-electron chi connectivity index (χ2n) is 13.3. The maximum atomic E-state index is 14.8. The third kappa shape index (κ3) is 17.6. The van der Waals surface area contributed by atoms with Gasteiger partial charge in [-0.15, -0.1) is 0 Å². The Morgan fingerprint density at radius 2 is 1.32 bits per heavy atom. The van der Waals surface area contributed by atoms with E-state index in [1.165, 1.54) is 49.7 Å². The number of benzene rings is 2. The van der Waals surface area contributed by atoms with Gasteiger partial charge >= 0.3 is 12.2 Å². The molecule has 330 valence electrons. The summed E-state index contributed by atoms with van der Waals surface area (Å²) in [6.45, 7) is -26.3. The van der Waals surface area contributed by atoms with E-state index in [1.54, 1.807) is 41.7 Å². The van der Waals surface area contributed by atoms with Crippen LogP contribution in [-0.4, -0.2) is 124 Å². The molecular formula is C44H64N6O10. The Hall–Kier alpha value is -5.13. The Bertz CT molecular complexity index is 2300. The Kier molecular flexibility index (Phi) is 11.8. The molecule has 0 radical (unpaired) electrons. The van der Waals surface area contributed by atoms with Crippen molar-refractivity contribution in [2.75, 3.05) is 60.4 Å². The fourth-order valence-electron chi connectivity index (χ4n) is 5.41. The van der Waals surface area contributed by atoms with E-state index in [9.17, 15) is 24.3 Å². The summed E-state index contributed by atoms with van der Waals surface area (Å²) >= 11 is 0. The minimum atomic E-state index is -4.12. The second kappa shape index (κ2) is 24.8. The van der Waals surface area contributed by atoms with E-state index in [0.29, 0.717) is 23.4 Å². The molecular weight excluding hydrogens is 773 g/mol. The first-order valence-electron chi connectivity index (χ1n) is 27.5. The van der Waals surface area contributed by atoms with E-state index < -0.39 is 126 Å². The van der Waals surface area contributed by atoms with Crippen LogP contribution in [0.3, 0.4) is 0 Å². The molecule has 0 aliphatic carbocycles. The summed E-state index contributed by atoms with van der Waals surface area (Å²) in [5.74, 6) is -3.58. The van der Waals surface area contributed by atoms with Crippen molar-refractivity contribution in [2.24, 2.45) is 10.8 Å². The number of ether oxygens (including phenoxy) is 5. The van der Waals surface area contributed by atoms with Gasteiger partial charge in [-0.1, -0.05) is 102 Å². The number of hydrogen-bond donors (Lipinski definition) is 5. The van der Waals surface area contributed by atoms with E-state index >= 15 is 0 Å². The van der Waals surface area contributed by atoms with E-state index in [2.05, 4.69) is 20.5 Å². The van der Waals surface area contributed by atoms with E-state index in [-0.39, 0.29) is 32.0 Å². The molecule has 60 heavy (non-hydrogen) atoms. The molecule has 2 aromatic carbocycles. The average molecular weight is 855 g/mol. The van der Waals surface area contributed by atoms with E-state index in [4.69, 9.17) is 43.6 Å². The highest BCUT2D eigenvalue weighted by Gasteiger charge is 2.37. The van der Waals surface area contributed by atoms with Crippen LogP contribution in [0.1, 0.15) is 76.9 Å². The third-order valence-corrected chi connectivity index (χ3v) is 8.42. The van der Waals surface area contributed by atoms with Gasteiger partial charge in [0, 0.05) is 56.6 Å². The summed E-state index contributed by atoms with van der Waals surface area (Å²) in [6, 6.07) is 11.1. The van der Waals surface area contributed by atoms with Gasteiger partial charge in [-0.05, 0) is 40.5 Å². The van der Waals surface area contributed by atoms with Gasteiger partial charge in [0.05, 0.1) is 58.0 Å². The highest BCUT2D eigenvalue weighted by atomic mass is 16.6. The zero-order valence-electron chi connectivity index (χ0n) is 51.2. The number of amides is 4. The number of nitrogens with zero attached hydrogens (tertiary/aromatic N) is 2. The number of aliphatic hydroxyl groups is 1. The number of rotatable bonds is 23. The first-order valence-corrected chi connectivity index (χ1v) is 18.5. The Labute approximate surface area is 379 Å². The maximum absolute atomic E-state index is 14.8. The number of aliphatic hydroxyl groups excluding tert-OH is 1. The summed E-state index contributed by atoms with van der Waals surface area (Å²) in [5.41, 5.74) is -4.27. The molecule has 4 amide bonds. The number of hydrazine groups is 1. The maximum Gasteiger partial charge on any atom is 0.407 e. The first-order chi connectivity index (χ1) is 36.0. The van der Waals surface area contributed by atoms with Crippen LogP contribution in [0.15, 0.2) is 79.0 Å². The van der Waals surface area contributed by atoms with Gasteiger partial charge in [-0.3, -0.25) is 20.0 Å². The zero-order valence-corrected chi connectivity index (χ0v) is 33.2. The average Bonchev–Trinajstić information content (AvgIpc) is 3.31. The summed E-state index contributed by atoms with van der Waals surface area (Å²) in [7, 11) is 2.22. The zero-order chi connectivity index (χ0) is 59.1. The fourth-order valence-corrected chi connectivity index (χ4v) is 5.41. The first kappa shape index (κ1) is 28.4. The normalized spacial score (nSPS) is 19.4. The third-order valence-electron chi connectivity index (χ3n) is 8.42. The molecule has 16 nitrogen and oxygen atoms in total. The van der Waals surface area contributed by atoms with Crippen molar-refractivity contribution in [1.29, 1.82) is 0 Å². The van der Waals surface area contributed by atoms with Gasteiger partial charge in [-0.2, -0.15) is 0 Å². The number of nitrogens with one attached hydrogen (secondary N) is 4. The predicted molar refractivity (Wildman–Crippen MR) is 226 cm³/mol. The summed E-state index contributed by atoms with van der Waals surface area (Å²) in [5, 5.41) is 19.0. The lowest BCUT2D eigenvalue weighted by Crippen LogP contribution is -2.61. The fraction of sp³-hybridized carbons (Fsp3) is 0.523. The molecule has 16 heteroatoms. The van der Waals surface area contributed by atoms with Gasteiger partial charge in [0.15, 0.2) is 0 Å². The molecule has 0 saturated heterocycles. The number of carbonyl (C=O) groups is 4. The monoisotopic (exact) mass is 855 g/mol. The lowest BCUT2D eigenvalue weighted by molar-refractivity contribution is -0.132. The Morgan fingerprint density at radius 1 is 0.717 bits per heavy atom. The van der Waals surface area contributed by atoms with E-state index in [1.807, 2.05) is 5.32 Å². The van der Waals surface area contributed by atoms with Crippen LogP contribution in [0.2, 0.25) is 0 Å². The molecule has 0 fully saturated rings. The molecule has 3 rings (SSSR count). The molecule has 5 N–H and O–H groups in total. The minimum Gasteiger partial charge on any atom is -0.453 e. The van der Waals surface area contributed by atoms with Gasteiger partial charge < -0.3 is 44.7 Å². The largest absolute Gasteiger partial charge is 0.453 e. The van der Waals surface area contributed by atoms with Crippen LogP contribution in [0.4, 0.5) is 9.59 Å². The van der Waals surface area contributed by atoms with Crippen molar-refractivity contribution in [2.45, 2.75) is 78.3 Å². The second-order valence-corrected chi connectivity index (χ2v) is 13.3. The molecule has 0 spiro atoms. The van der Waals surface area contributed by atoms with Crippen molar-refractivity contribution in [1.82, 2.24) is 31.4 Å². The molecule has 0 aliphatic rings. The molecule has 1 aromatic heterocycles. The number of pyridine rings is 1. The smallest absolute Gasteiger partial charge is 0.407 e. The van der Waals surface area contributed by atoms with Crippen molar-refractivity contribution < 1.29 is 72.6 Å². The van der Waals surface area contributed by atoms with Crippen molar-refractivity contribution in [3.63, 3.8) is 0 Å². The summed E-state index contributed by atoms with van der Waals surface area (Å²) < 4.78 is 175.